The van der Waals surface area contributed by atoms with Crippen molar-refractivity contribution >= 4 is 36.5 Å². The van der Waals surface area contributed by atoms with Crippen LogP contribution in [0.4, 0.5) is 5.82 Å². The molecule has 1 aliphatic heterocycles. The van der Waals surface area contributed by atoms with Crippen molar-refractivity contribution in [3.63, 3.8) is 0 Å². The van der Waals surface area contributed by atoms with Crippen molar-refractivity contribution in [2.45, 2.75) is 50.6 Å². The second kappa shape index (κ2) is 8.13. The Morgan fingerprint density at radius 3 is 2.57 bits per heavy atom. The number of carbonyl (C=O) groups is 1. The molecule has 130 valence electrons. The smallest absolute Gasteiger partial charge is 0.240 e. The third-order valence-electron chi connectivity index (χ3n) is 4.47. The molecule has 1 amide bonds. The van der Waals surface area contributed by atoms with Gasteiger partial charge in [-0.15, -0.1) is 24.8 Å². The van der Waals surface area contributed by atoms with Crippen LogP contribution in [0.15, 0.2) is 12.4 Å². The van der Waals surface area contributed by atoms with Crippen LogP contribution in [0.1, 0.15) is 38.3 Å². The zero-order valence-corrected chi connectivity index (χ0v) is 15.0. The maximum absolute atomic E-state index is 12.0. The fourth-order valence-electron chi connectivity index (χ4n) is 2.70. The first-order chi connectivity index (χ1) is 10.1. The molecule has 0 bridgehead atoms. The number of piperidine rings is 1. The molecule has 0 atom stereocenters. The third-order valence-corrected chi connectivity index (χ3v) is 4.47. The maximum Gasteiger partial charge on any atom is 0.240 e. The topological polar surface area (TPSA) is 84.1 Å². The van der Waals surface area contributed by atoms with Crippen molar-refractivity contribution in [3.8, 4) is 0 Å². The third kappa shape index (κ3) is 4.68. The van der Waals surface area contributed by atoms with Gasteiger partial charge in [0, 0.05) is 30.9 Å². The van der Waals surface area contributed by atoms with Gasteiger partial charge >= 0.3 is 0 Å². The minimum Gasteiger partial charge on any atom is -0.356 e. The summed E-state index contributed by atoms with van der Waals surface area (Å²) in [5.41, 5.74) is 6.41. The quantitative estimate of drug-likeness (QED) is 0.847. The van der Waals surface area contributed by atoms with E-state index in [0.29, 0.717) is 0 Å². The highest BCUT2D eigenvalue weighted by atomic mass is 35.5. The molecule has 0 radical (unpaired) electrons. The standard InChI is InChI=1S/C15H23N5O.2ClH/c1-2-11-9-13(18-10-17-11)20-7-3-12(4-8-20)19-14(21)15(16)5-6-15;;/h9-10,12H,2-8,16H2,1H3,(H,19,21);2*1H. The van der Waals surface area contributed by atoms with E-state index in [2.05, 4.69) is 33.2 Å². The number of aromatic nitrogens is 2. The lowest BCUT2D eigenvalue weighted by atomic mass is 10.0. The first-order valence-electron chi connectivity index (χ1n) is 7.76. The molecule has 0 unspecified atom stereocenters. The Bertz CT molecular complexity index is 530. The molecule has 3 rings (SSSR count). The van der Waals surface area contributed by atoms with Crippen LogP contribution in [0.25, 0.3) is 0 Å². The second-order valence-electron chi connectivity index (χ2n) is 6.11. The number of aryl methyl sites for hydroxylation is 1. The highest BCUT2D eigenvalue weighted by molar-refractivity contribution is 5.89. The molecule has 1 aromatic rings. The summed E-state index contributed by atoms with van der Waals surface area (Å²) >= 11 is 0. The number of anilines is 1. The molecule has 6 nitrogen and oxygen atoms in total. The van der Waals surface area contributed by atoms with Crippen molar-refractivity contribution < 1.29 is 4.79 Å². The van der Waals surface area contributed by atoms with E-state index in [4.69, 9.17) is 5.73 Å². The molecule has 1 aromatic heterocycles. The zero-order valence-electron chi connectivity index (χ0n) is 13.3. The van der Waals surface area contributed by atoms with Crippen LogP contribution >= 0.6 is 24.8 Å². The summed E-state index contributed by atoms with van der Waals surface area (Å²) < 4.78 is 0. The van der Waals surface area contributed by atoms with Crippen LogP contribution in [0.3, 0.4) is 0 Å². The highest BCUT2D eigenvalue weighted by Gasteiger charge is 2.46. The first-order valence-corrected chi connectivity index (χ1v) is 7.76. The van der Waals surface area contributed by atoms with Crippen LogP contribution in [-0.2, 0) is 11.2 Å². The summed E-state index contributed by atoms with van der Waals surface area (Å²) in [6.07, 6.45) is 6.06. The van der Waals surface area contributed by atoms with Crippen LogP contribution in [0.2, 0.25) is 0 Å². The molecule has 8 heteroatoms. The van der Waals surface area contributed by atoms with E-state index in [0.717, 1.165) is 56.7 Å². The molecule has 1 saturated carbocycles. The van der Waals surface area contributed by atoms with Gasteiger partial charge in [-0.05, 0) is 32.1 Å². The van der Waals surface area contributed by atoms with Crippen molar-refractivity contribution in [1.82, 2.24) is 15.3 Å². The maximum atomic E-state index is 12.0. The molecule has 1 aliphatic carbocycles. The van der Waals surface area contributed by atoms with Crippen molar-refractivity contribution in [1.29, 1.82) is 0 Å². The van der Waals surface area contributed by atoms with Gasteiger partial charge in [-0.2, -0.15) is 0 Å². The summed E-state index contributed by atoms with van der Waals surface area (Å²) in [6.45, 7) is 3.90. The number of nitrogens with two attached hydrogens (primary N) is 1. The van der Waals surface area contributed by atoms with Gasteiger partial charge < -0.3 is 16.0 Å². The SMILES string of the molecule is CCc1cc(N2CCC(NC(=O)C3(N)CC3)CC2)ncn1.Cl.Cl. The van der Waals surface area contributed by atoms with Crippen molar-refractivity contribution in [3.05, 3.63) is 18.1 Å². The fourth-order valence-corrected chi connectivity index (χ4v) is 2.70. The Kier molecular flexibility index (Phi) is 7.04. The van der Waals surface area contributed by atoms with E-state index in [1.165, 1.54) is 0 Å². The molecular weight excluding hydrogens is 337 g/mol. The highest BCUT2D eigenvalue weighted by Crippen LogP contribution is 2.32. The minimum atomic E-state index is -0.570. The Hall–Kier alpha value is -1.11. The van der Waals surface area contributed by atoms with Crippen molar-refractivity contribution in [2.24, 2.45) is 5.73 Å². The summed E-state index contributed by atoms with van der Waals surface area (Å²) in [5.74, 6) is 1.01. The number of nitrogens with zero attached hydrogens (tertiary/aromatic N) is 3. The summed E-state index contributed by atoms with van der Waals surface area (Å²) in [5, 5.41) is 3.09. The molecule has 0 aromatic carbocycles. The molecule has 2 aliphatic rings. The number of nitrogens with one attached hydrogen (secondary N) is 1. The van der Waals surface area contributed by atoms with Gasteiger partial charge in [0.15, 0.2) is 0 Å². The van der Waals surface area contributed by atoms with Crippen LogP contribution < -0.4 is 16.0 Å². The largest absolute Gasteiger partial charge is 0.356 e. The number of amides is 1. The Morgan fingerprint density at radius 2 is 2.00 bits per heavy atom. The van der Waals surface area contributed by atoms with Crippen molar-refractivity contribution in [2.75, 3.05) is 18.0 Å². The van der Waals surface area contributed by atoms with E-state index >= 15 is 0 Å². The lowest BCUT2D eigenvalue weighted by Crippen LogP contribution is -2.50. The van der Waals surface area contributed by atoms with Gasteiger partial charge in [-0.1, -0.05) is 6.92 Å². The Balaban J connectivity index is 0.00000132. The lowest BCUT2D eigenvalue weighted by Gasteiger charge is -2.33. The van der Waals surface area contributed by atoms with Crippen LogP contribution in [0.5, 0.6) is 0 Å². The number of hydrogen-bond donors (Lipinski definition) is 2. The molecule has 0 spiro atoms. The van der Waals surface area contributed by atoms with Gasteiger partial charge in [-0.3, -0.25) is 4.79 Å². The molecule has 2 fully saturated rings. The van der Waals surface area contributed by atoms with Gasteiger partial charge in [0.05, 0.1) is 5.54 Å². The second-order valence-corrected chi connectivity index (χ2v) is 6.11. The van der Waals surface area contributed by atoms with E-state index in [1.54, 1.807) is 6.33 Å². The van der Waals surface area contributed by atoms with E-state index < -0.39 is 5.54 Å². The fraction of sp³-hybridized carbons (Fsp3) is 0.667. The summed E-state index contributed by atoms with van der Waals surface area (Å²) in [7, 11) is 0. The van der Waals surface area contributed by atoms with Crippen LogP contribution in [0, 0.1) is 0 Å². The lowest BCUT2D eigenvalue weighted by molar-refractivity contribution is -0.124. The molecular formula is C15H25Cl2N5O. The summed E-state index contributed by atoms with van der Waals surface area (Å²) in [6, 6.07) is 2.29. The Labute approximate surface area is 149 Å². The van der Waals surface area contributed by atoms with E-state index in [1.807, 2.05) is 0 Å². The minimum absolute atomic E-state index is 0. The number of hydrogen-bond acceptors (Lipinski definition) is 5. The van der Waals surface area contributed by atoms with Gasteiger partial charge in [-0.25, -0.2) is 9.97 Å². The average molecular weight is 362 g/mol. The zero-order chi connectivity index (χ0) is 14.9. The Morgan fingerprint density at radius 1 is 1.35 bits per heavy atom. The average Bonchev–Trinajstić information content (AvgIpc) is 3.27. The predicted octanol–water partition coefficient (Wildman–Crippen LogP) is 1.46. The normalized spacial score (nSPS) is 19.3. The molecule has 1 saturated heterocycles. The summed E-state index contributed by atoms with van der Waals surface area (Å²) in [4.78, 5) is 22.8. The predicted molar refractivity (Wildman–Crippen MR) is 95.4 cm³/mol. The number of rotatable bonds is 4. The monoisotopic (exact) mass is 361 g/mol. The van der Waals surface area contributed by atoms with E-state index in [9.17, 15) is 4.79 Å². The van der Waals surface area contributed by atoms with Gasteiger partial charge in [0.1, 0.15) is 12.1 Å². The molecule has 3 N–H and O–H groups in total. The van der Waals surface area contributed by atoms with Crippen LogP contribution in [-0.4, -0.2) is 40.5 Å². The number of carbonyl (C=O) groups excluding carboxylic acids is 1. The number of halogens is 2. The first kappa shape index (κ1) is 19.9. The molecule has 2 heterocycles. The van der Waals surface area contributed by atoms with E-state index in [-0.39, 0.29) is 36.8 Å². The molecule has 23 heavy (non-hydrogen) atoms. The van der Waals surface area contributed by atoms with Gasteiger partial charge in [0.2, 0.25) is 5.91 Å². The van der Waals surface area contributed by atoms with Gasteiger partial charge in [0.25, 0.3) is 0 Å².